The van der Waals surface area contributed by atoms with Crippen LogP contribution in [0.2, 0.25) is 0 Å². The van der Waals surface area contributed by atoms with E-state index in [2.05, 4.69) is 26.3 Å². The van der Waals surface area contributed by atoms with Crippen LogP contribution in [0.5, 0.6) is 0 Å². The summed E-state index contributed by atoms with van der Waals surface area (Å²) in [5.74, 6) is 6.17. The largest absolute Gasteiger partial charge is 0.312 e. The van der Waals surface area contributed by atoms with Crippen molar-refractivity contribution in [3.8, 4) is 0 Å². The SMILES string of the molecule is CCN=C(Cc1ccccc1Br)NN. The van der Waals surface area contributed by atoms with Gasteiger partial charge in [-0.15, -0.1) is 0 Å². The van der Waals surface area contributed by atoms with E-state index in [9.17, 15) is 0 Å². The Morgan fingerprint density at radius 1 is 1.50 bits per heavy atom. The van der Waals surface area contributed by atoms with Gasteiger partial charge in [-0.1, -0.05) is 34.1 Å². The number of benzene rings is 1. The van der Waals surface area contributed by atoms with Crippen molar-refractivity contribution in [3.05, 3.63) is 34.3 Å². The van der Waals surface area contributed by atoms with E-state index in [1.54, 1.807) is 0 Å². The van der Waals surface area contributed by atoms with Crippen LogP contribution in [-0.4, -0.2) is 12.4 Å². The quantitative estimate of drug-likeness (QED) is 0.375. The third-order valence-electron chi connectivity index (χ3n) is 1.83. The minimum absolute atomic E-state index is 0.728. The predicted octanol–water partition coefficient (Wildman–Crippen LogP) is 1.87. The lowest BCUT2D eigenvalue weighted by molar-refractivity contribution is 0.956. The van der Waals surface area contributed by atoms with Gasteiger partial charge in [0.25, 0.3) is 0 Å². The number of hydrogen-bond donors (Lipinski definition) is 2. The van der Waals surface area contributed by atoms with Gasteiger partial charge in [-0.2, -0.15) is 0 Å². The third kappa shape index (κ3) is 3.12. The first-order valence-corrected chi connectivity index (χ1v) is 5.30. The van der Waals surface area contributed by atoms with Crippen molar-refractivity contribution in [1.29, 1.82) is 0 Å². The van der Waals surface area contributed by atoms with Gasteiger partial charge in [0.05, 0.1) is 0 Å². The molecule has 0 atom stereocenters. The fourth-order valence-corrected chi connectivity index (χ4v) is 1.59. The van der Waals surface area contributed by atoms with Crippen molar-refractivity contribution >= 4 is 21.8 Å². The number of halogens is 1. The Bertz CT molecular complexity index is 323. The second-order valence-electron chi connectivity index (χ2n) is 2.83. The van der Waals surface area contributed by atoms with E-state index >= 15 is 0 Å². The maximum Gasteiger partial charge on any atom is 0.115 e. The van der Waals surface area contributed by atoms with Crippen LogP contribution in [-0.2, 0) is 6.42 Å². The number of nitrogens with two attached hydrogens (primary N) is 1. The first-order valence-electron chi connectivity index (χ1n) is 4.51. The molecule has 0 aliphatic rings. The van der Waals surface area contributed by atoms with Gasteiger partial charge in [0.1, 0.15) is 5.84 Å². The van der Waals surface area contributed by atoms with Gasteiger partial charge in [0.15, 0.2) is 0 Å². The number of rotatable bonds is 3. The van der Waals surface area contributed by atoms with Crippen LogP contribution in [0.3, 0.4) is 0 Å². The first kappa shape index (κ1) is 11.2. The molecule has 0 saturated carbocycles. The van der Waals surface area contributed by atoms with E-state index < -0.39 is 0 Å². The second kappa shape index (κ2) is 5.78. The predicted molar refractivity (Wildman–Crippen MR) is 63.1 cm³/mol. The lowest BCUT2D eigenvalue weighted by atomic mass is 10.1. The van der Waals surface area contributed by atoms with Gasteiger partial charge in [0.2, 0.25) is 0 Å². The molecule has 0 spiro atoms. The Morgan fingerprint density at radius 3 is 2.79 bits per heavy atom. The number of aliphatic imine (C=N–C) groups is 1. The zero-order valence-electron chi connectivity index (χ0n) is 8.13. The zero-order valence-corrected chi connectivity index (χ0v) is 9.71. The Labute approximate surface area is 92.5 Å². The molecule has 1 rings (SSSR count). The van der Waals surface area contributed by atoms with Crippen LogP contribution in [0.15, 0.2) is 33.7 Å². The summed E-state index contributed by atoms with van der Waals surface area (Å²) in [5.41, 5.74) is 3.79. The molecule has 0 aliphatic carbocycles. The Morgan fingerprint density at radius 2 is 2.21 bits per heavy atom. The molecule has 0 saturated heterocycles. The number of amidine groups is 1. The van der Waals surface area contributed by atoms with Crippen molar-refractivity contribution < 1.29 is 0 Å². The summed E-state index contributed by atoms with van der Waals surface area (Å²) in [4.78, 5) is 4.24. The number of nitrogens with one attached hydrogen (secondary N) is 1. The molecule has 14 heavy (non-hydrogen) atoms. The molecule has 0 aliphatic heterocycles. The van der Waals surface area contributed by atoms with Gasteiger partial charge in [-0.3, -0.25) is 4.99 Å². The molecular formula is C10H14BrN3. The van der Waals surface area contributed by atoms with Crippen LogP contribution in [0, 0.1) is 0 Å². The third-order valence-corrected chi connectivity index (χ3v) is 2.60. The average Bonchev–Trinajstić information content (AvgIpc) is 2.20. The van der Waals surface area contributed by atoms with Crippen molar-refractivity contribution in [2.45, 2.75) is 13.3 Å². The van der Waals surface area contributed by atoms with E-state index in [-0.39, 0.29) is 0 Å². The van der Waals surface area contributed by atoms with Crippen molar-refractivity contribution in [2.24, 2.45) is 10.8 Å². The normalized spacial score (nSPS) is 11.5. The van der Waals surface area contributed by atoms with Crippen LogP contribution >= 0.6 is 15.9 Å². The van der Waals surface area contributed by atoms with Crippen LogP contribution in [0.4, 0.5) is 0 Å². The fourth-order valence-electron chi connectivity index (χ4n) is 1.17. The van der Waals surface area contributed by atoms with Crippen LogP contribution in [0.25, 0.3) is 0 Å². The van der Waals surface area contributed by atoms with E-state index in [0.29, 0.717) is 0 Å². The molecule has 0 fully saturated rings. The molecule has 1 aromatic rings. The average molecular weight is 256 g/mol. The molecule has 0 amide bonds. The highest BCUT2D eigenvalue weighted by molar-refractivity contribution is 9.10. The smallest absolute Gasteiger partial charge is 0.115 e. The number of hydrogen-bond acceptors (Lipinski definition) is 2. The van der Waals surface area contributed by atoms with Gasteiger partial charge < -0.3 is 5.43 Å². The van der Waals surface area contributed by atoms with Gasteiger partial charge in [-0.25, -0.2) is 5.84 Å². The van der Waals surface area contributed by atoms with E-state index in [0.717, 1.165) is 23.3 Å². The fraction of sp³-hybridized carbons (Fsp3) is 0.300. The Hall–Kier alpha value is -0.870. The van der Waals surface area contributed by atoms with Crippen LogP contribution < -0.4 is 11.3 Å². The molecule has 1 aromatic carbocycles. The van der Waals surface area contributed by atoms with Crippen LogP contribution in [0.1, 0.15) is 12.5 Å². The molecule has 4 heteroatoms. The summed E-state index contributed by atoms with van der Waals surface area (Å²) in [5, 5.41) is 0. The number of nitrogens with zero attached hydrogens (tertiary/aromatic N) is 1. The summed E-state index contributed by atoms with van der Waals surface area (Å²) in [6.07, 6.45) is 0.728. The monoisotopic (exact) mass is 255 g/mol. The number of hydrazine groups is 1. The molecule has 3 N–H and O–H groups in total. The Balaban J connectivity index is 2.77. The van der Waals surface area contributed by atoms with Crippen molar-refractivity contribution in [3.63, 3.8) is 0 Å². The molecule has 0 unspecified atom stereocenters. The molecule has 0 bridgehead atoms. The first-order chi connectivity index (χ1) is 6.77. The highest BCUT2D eigenvalue weighted by Crippen LogP contribution is 2.16. The summed E-state index contributed by atoms with van der Waals surface area (Å²) >= 11 is 3.48. The summed E-state index contributed by atoms with van der Waals surface area (Å²) in [7, 11) is 0. The van der Waals surface area contributed by atoms with E-state index in [1.165, 1.54) is 5.56 Å². The maximum absolute atomic E-state index is 5.36. The molecule has 0 aromatic heterocycles. The summed E-state index contributed by atoms with van der Waals surface area (Å²) in [6, 6.07) is 8.04. The van der Waals surface area contributed by atoms with E-state index in [1.807, 2.05) is 31.2 Å². The minimum atomic E-state index is 0.728. The second-order valence-corrected chi connectivity index (χ2v) is 3.69. The van der Waals surface area contributed by atoms with Gasteiger partial charge in [0, 0.05) is 17.4 Å². The Kier molecular flexibility index (Phi) is 4.62. The van der Waals surface area contributed by atoms with Gasteiger partial charge >= 0.3 is 0 Å². The molecule has 0 radical (unpaired) electrons. The van der Waals surface area contributed by atoms with Gasteiger partial charge in [-0.05, 0) is 18.6 Å². The standard InChI is InChI=1S/C10H14BrN3/c1-2-13-10(14-12)7-8-5-3-4-6-9(8)11/h3-6H,2,7,12H2,1H3,(H,13,14). The highest BCUT2D eigenvalue weighted by Gasteiger charge is 2.02. The van der Waals surface area contributed by atoms with E-state index in [4.69, 9.17) is 5.84 Å². The maximum atomic E-state index is 5.36. The molecule has 3 nitrogen and oxygen atoms in total. The van der Waals surface area contributed by atoms with Crippen molar-refractivity contribution in [1.82, 2.24) is 5.43 Å². The lowest BCUT2D eigenvalue weighted by Crippen LogP contribution is -2.32. The minimum Gasteiger partial charge on any atom is -0.312 e. The topological polar surface area (TPSA) is 50.4 Å². The molecule has 76 valence electrons. The summed E-state index contributed by atoms with van der Waals surface area (Å²) in [6.45, 7) is 2.72. The van der Waals surface area contributed by atoms with Crippen molar-refractivity contribution in [2.75, 3.05) is 6.54 Å². The molecule has 0 heterocycles. The lowest BCUT2D eigenvalue weighted by Gasteiger charge is -2.06. The molecular weight excluding hydrogens is 242 g/mol. The zero-order chi connectivity index (χ0) is 10.4. The highest BCUT2D eigenvalue weighted by atomic mass is 79.9. The summed E-state index contributed by atoms with van der Waals surface area (Å²) < 4.78 is 1.08.